The number of carbonyl (C=O) groups excluding carboxylic acids is 2. The van der Waals surface area contributed by atoms with Gasteiger partial charge in [-0.25, -0.2) is 5.43 Å². The van der Waals surface area contributed by atoms with Crippen LogP contribution in [0.2, 0.25) is 0 Å². The lowest BCUT2D eigenvalue weighted by atomic mass is 9.99. The smallest absolute Gasteiger partial charge is 0.240 e. The van der Waals surface area contributed by atoms with E-state index in [0.29, 0.717) is 19.4 Å². The van der Waals surface area contributed by atoms with Gasteiger partial charge in [-0.2, -0.15) is 5.10 Å². The van der Waals surface area contributed by atoms with Crippen LogP contribution in [0, 0.1) is 5.41 Å². The van der Waals surface area contributed by atoms with E-state index in [0.717, 1.165) is 26.2 Å². The third-order valence-corrected chi connectivity index (χ3v) is 5.40. The molecule has 0 aliphatic carbocycles. The Morgan fingerprint density at radius 1 is 1.14 bits per heavy atom. The third kappa shape index (κ3) is 16.1. The van der Waals surface area contributed by atoms with Gasteiger partial charge in [0.15, 0.2) is 0 Å². The van der Waals surface area contributed by atoms with Crippen LogP contribution >= 0.6 is 30.2 Å². The Morgan fingerprint density at radius 2 is 1.82 bits per heavy atom. The molecule has 0 saturated carbocycles. The first-order valence-corrected chi connectivity index (χ1v) is 11.5. The molecule has 0 saturated heterocycles. The lowest BCUT2D eigenvalue weighted by Crippen LogP contribution is -2.25. The Balaban J connectivity index is 3.44. The number of hydrazone groups is 1. The minimum Gasteiger partial charge on any atom is -0.355 e. The quantitative estimate of drug-likeness (QED) is 0.194. The summed E-state index contributed by atoms with van der Waals surface area (Å²) in [6.45, 7) is 8.86. The van der Waals surface area contributed by atoms with E-state index >= 15 is 0 Å². The lowest BCUT2D eigenvalue weighted by Gasteiger charge is -2.09. The van der Waals surface area contributed by atoms with E-state index in [4.69, 9.17) is 0 Å². The second-order valence-corrected chi connectivity index (χ2v) is 9.67. The SMILES string of the molecule is CPCCC(=O)NCCSSCCC(=O)N/N=C/C(C)(C)C. The summed E-state index contributed by atoms with van der Waals surface area (Å²) in [6, 6.07) is 0. The molecule has 0 aromatic heterocycles. The van der Waals surface area contributed by atoms with Crippen molar-refractivity contribution in [2.75, 3.05) is 30.9 Å². The van der Waals surface area contributed by atoms with Gasteiger partial charge in [-0.1, -0.05) is 42.4 Å². The summed E-state index contributed by atoms with van der Waals surface area (Å²) in [5.41, 5.74) is 2.50. The summed E-state index contributed by atoms with van der Waals surface area (Å²) in [5.74, 6) is 1.67. The van der Waals surface area contributed by atoms with Crippen molar-refractivity contribution in [3.63, 3.8) is 0 Å². The van der Waals surface area contributed by atoms with Gasteiger partial charge in [0.05, 0.1) is 0 Å². The Bertz CT molecular complexity index is 360. The molecule has 0 aromatic rings. The highest BCUT2D eigenvalue weighted by Crippen LogP contribution is 2.21. The van der Waals surface area contributed by atoms with E-state index in [9.17, 15) is 9.59 Å². The zero-order valence-electron chi connectivity index (χ0n) is 13.9. The van der Waals surface area contributed by atoms with Crippen LogP contribution in [0.5, 0.6) is 0 Å². The van der Waals surface area contributed by atoms with Crippen LogP contribution in [-0.4, -0.2) is 48.9 Å². The van der Waals surface area contributed by atoms with Crippen LogP contribution in [0.1, 0.15) is 33.6 Å². The lowest BCUT2D eigenvalue weighted by molar-refractivity contribution is -0.121. The number of nitrogens with zero attached hydrogens (tertiary/aromatic N) is 1. The summed E-state index contributed by atoms with van der Waals surface area (Å²) >= 11 is 0. The average Bonchev–Trinajstić information content (AvgIpc) is 2.42. The Hall–Kier alpha value is -0.260. The number of hydrogen-bond donors (Lipinski definition) is 2. The maximum Gasteiger partial charge on any atom is 0.240 e. The molecule has 0 bridgehead atoms. The van der Waals surface area contributed by atoms with Crippen LogP contribution in [0.4, 0.5) is 0 Å². The molecule has 8 heteroatoms. The molecule has 128 valence electrons. The molecule has 0 fully saturated rings. The highest BCUT2D eigenvalue weighted by molar-refractivity contribution is 8.76. The summed E-state index contributed by atoms with van der Waals surface area (Å²) < 4.78 is 0. The van der Waals surface area contributed by atoms with Crippen molar-refractivity contribution in [3.8, 4) is 0 Å². The van der Waals surface area contributed by atoms with E-state index in [1.807, 2.05) is 20.8 Å². The van der Waals surface area contributed by atoms with Gasteiger partial charge in [-0.3, -0.25) is 9.59 Å². The van der Waals surface area contributed by atoms with Gasteiger partial charge < -0.3 is 5.32 Å². The monoisotopic (exact) mass is 365 g/mol. The first-order chi connectivity index (χ1) is 10.3. The van der Waals surface area contributed by atoms with Crippen molar-refractivity contribution in [3.05, 3.63) is 0 Å². The van der Waals surface area contributed by atoms with Gasteiger partial charge in [0.2, 0.25) is 11.8 Å². The molecule has 5 nitrogen and oxygen atoms in total. The molecule has 0 aliphatic heterocycles. The van der Waals surface area contributed by atoms with Crippen LogP contribution in [-0.2, 0) is 9.59 Å². The largest absolute Gasteiger partial charge is 0.355 e. The molecule has 2 amide bonds. The van der Waals surface area contributed by atoms with Crippen molar-refractivity contribution >= 4 is 48.2 Å². The average molecular weight is 366 g/mol. The fourth-order valence-electron chi connectivity index (χ4n) is 1.17. The van der Waals surface area contributed by atoms with Gasteiger partial charge in [-0.05, 0) is 18.2 Å². The zero-order chi connectivity index (χ0) is 16.8. The molecule has 1 unspecified atom stereocenters. The van der Waals surface area contributed by atoms with Gasteiger partial charge >= 0.3 is 0 Å². The van der Waals surface area contributed by atoms with E-state index < -0.39 is 0 Å². The van der Waals surface area contributed by atoms with Crippen molar-refractivity contribution < 1.29 is 9.59 Å². The molecular weight excluding hydrogens is 337 g/mol. The van der Waals surface area contributed by atoms with Crippen LogP contribution in [0.25, 0.3) is 0 Å². The van der Waals surface area contributed by atoms with Crippen molar-refractivity contribution in [2.45, 2.75) is 33.6 Å². The standard InChI is InChI=1S/C14H28N3O2PS2/c1-14(2,3)11-16-17-13(19)6-9-21-22-10-7-15-12(18)5-8-20-4/h11,20H,5-10H2,1-4H3,(H,15,18)(H,17,19)/b16-11+. The van der Waals surface area contributed by atoms with E-state index in [2.05, 4.69) is 22.5 Å². The Kier molecular flexibility index (Phi) is 13.0. The number of nitrogens with one attached hydrogen (secondary N) is 2. The van der Waals surface area contributed by atoms with Gasteiger partial charge in [0, 0.05) is 37.1 Å². The van der Waals surface area contributed by atoms with E-state index in [-0.39, 0.29) is 17.2 Å². The number of rotatable bonds is 11. The Labute approximate surface area is 143 Å². The Morgan fingerprint density at radius 3 is 2.45 bits per heavy atom. The molecule has 0 radical (unpaired) electrons. The van der Waals surface area contributed by atoms with Crippen molar-refractivity contribution in [1.82, 2.24) is 10.7 Å². The van der Waals surface area contributed by atoms with Gasteiger partial charge in [0.1, 0.15) is 0 Å². The normalized spacial score (nSPS) is 12.2. The number of hydrogen-bond acceptors (Lipinski definition) is 5. The molecule has 0 heterocycles. The van der Waals surface area contributed by atoms with Crippen LogP contribution in [0.15, 0.2) is 5.10 Å². The predicted octanol–water partition coefficient (Wildman–Crippen LogP) is 2.72. The molecule has 22 heavy (non-hydrogen) atoms. The topological polar surface area (TPSA) is 70.6 Å². The fourth-order valence-corrected chi connectivity index (χ4v) is 3.54. The molecule has 1 atom stereocenters. The number of amides is 2. The van der Waals surface area contributed by atoms with Crippen LogP contribution < -0.4 is 10.7 Å². The molecule has 0 aromatic carbocycles. The molecule has 0 rings (SSSR count). The minimum absolute atomic E-state index is 0.0279. The van der Waals surface area contributed by atoms with E-state index in [1.165, 1.54) is 0 Å². The first-order valence-electron chi connectivity index (χ1n) is 7.34. The predicted molar refractivity (Wildman–Crippen MR) is 102 cm³/mol. The number of carbonyl (C=O) groups is 2. The maximum absolute atomic E-state index is 11.5. The molecule has 0 aliphatic rings. The van der Waals surface area contributed by atoms with Gasteiger partial charge in [0.25, 0.3) is 0 Å². The second kappa shape index (κ2) is 13.2. The highest BCUT2D eigenvalue weighted by atomic mass is 33.1. The van der Waals surface area contributed by atoms with Crippen molar-refractivity contribution in [2.24, 2.45) is 10.5 Å². The van der Waals surface area contributed by atoms with Crippen molar-refractivity contribution in [1.29, 1.82) is 0 Å². The minimum atomic E-state index is -0.0673. The molecule has 2 N–H and O–H groups in total. The summed E-state index contributed by atoms with van der Waals surface area (Å²) in [5, 5.41) is 6.82. The fraction of sp³-hybridized carbons (Fsp3) is 0.786. The summed E-state index contributed by atoms with van der Waals surface area (Å²) in [6.07, 6.45) is 3.78. The summed E-state index contributed by atoms with van der Waals surface area (Å²) in [7, 11) is 4.15. The maximum atomic E-state index is 11.5. The highest BCUT2D eigenvalue weighted by Gasteiger charge is 2.06. The van der Waals surface area contributed by atoms with E-state index in [1.54, 1.807) is 27.8 Å². The second-order valence-electron chi connectivity index (χ2n) is 5.76. The van der Waals surface area contributed by atoms with Gasteiger partial charge in [-0.15, -0.1) is 8.58 Å². The first kappa shape index (κ1) is 21.7. The van der Waals surface area contributed by atoms with Crippen LogP contribution in [0.3, 0.4) is 0 Å². The molecule has 0 spiro atoms. The molecular formula is C14H28N3O2PS2. The summed E-state index contributed by atoms with van der Waals surface area (Å²) in [4.78, 5) is 22.9. The zero-order valence-corrected chi connectivity index (χ0v) is 16.5. The third-order valence-electron chi connectivity index (χ3n) is 2.25.